The molecule has 1 aromatic rings. The van der Waals surface area contributed by atoms with Crippen molar-refractivity contribution in [3.8, 4) is 0 Å². The molecule has 0 radical (unpaired) electrons. The van der Waals surface area contributed by atoms with Crippen LogP contribution in [0.3, 0.4) is 0 Å². The van der Waals surface area contributed by atoms with Gasteiger partial charge in [-0.15, -0.1) is 0 Å². The minimum atomic E-state index is -1.06. The van der Waals surface area contributed by atoms with Gasteiger partial charge in [0.05, 0.1) is 0 Å². The molecule has 1 unspecified atom stereocenters. The zero-order chi connectivity index (χ0) is 14.4. The van der Waals surface area contributed by atoms with E-state index in [1.807, 2.05) is 6.92 Å². The van der Waals surface area contributed by atoms with Crippen LogP contribution in [0, 0.1) is 12.7 Å². The fraction of sp³-hybridized carbons (Fsp3) is 0.385. The molecule has 2 N–H and O–H groups in total. The Morgan fingerprint density at radius 2 is 2.16 bits per heavy atom. The van der Waals surface area contributed by atoms with Crippen molar-refractivity contribution < 1.29 is 19.1 Å². The summed E-state index contributed by atoms with van der Waals surface area (Å²) in [6.07, 6.45) is 0. The van der Waals surface area contributed by atoms with Gasteiger partial charge in [-0.25, -0.2) is 9.18 Å². The lowest BCUT2D eigenvalue weighted by Gasteiger charge is -2.13. The Morgan fingerprint density at radius 1 is 1.47 bits per heavy atom. The van der Waals surface area contributed by atoms with Crippen molar-refractivity contribution in [2.75, 3.05) is 5.75 Å². The SMILES string of the molecule is CC(=O)NC(CSCc1ccc(F)cc1C)C(=O)O. The molecule has 19 heavy (non-hydrogen) atoms. The van der Waals surface area contributed by atoms with Crippen molar-refractivity contribution in [1.29, 1.82) is 0 Å². The topological polar surface area (TPSA) is 66.4 Å². The summed E-state index contributed by atoms with van der Waals surface area (Å²) >= 11 is 1.39. The third-order valence-corrected chi connectivity index (χ3v) is 3.61. The van der Waals surface area contributed by atoms with E-state index in [0.717, 1.165) is 11.1 Å². The number of halogens is 1. The molecule has 0 aromatic heterocycles. The van der Waals surface area contributed by atoms with Crippen LogP contribution >= 0.6 is 11.8 Å². The smallest absolute Gasteiger partial charge is 0.327 e. The Morgan fingerprint density at radius 3 is 2.68 bits per heavy atom. The van der Waals surface area contributed by atoms with E-state index in [1.165, 1.54) is 30.8 Å². The van der Waals surface area contributed by atoms with E-state index < -0.39 is 12.0 Å². The molecular formula is C13H16FNO3S. The second kappa shape index (κ2) is 7.13. The molecule has 0 spiro atoms. The molecule has 1 amide bonds. The van der Waals surface area contributed by atoms with Crippen LogP contribution in [-0.2, 0) is 15.3 Å². The number of carboxylic acid groups (broad SMARTS) is 1. The van der Waals surface area contributed by atoms with Gasteiger partial charge in [-0.2, -0.15) is 11.8 Å². The third kappa shape index (κ3) is 5.30. The van der Waals surface area contributed by atoms with E-state index in [4.69, 9.17) is 5.11 Å². The maximum Gasteiger partial charge on any atom is 0.327 e. The molecular weight excluding hydrogens is 269 g/mol. The number of amides is 1. The average molecular weight is 285 g/mol. The Bertz CT molecular complexity index is 479. The predicted molar refractivity (Wildman–Crippen MR) is 72.5 cm³/mol. The molecule has 0 bridgehead atoms. The van der Waals surface area contributed by atoms with Gasteiger partial charge in [-0.1, -0.05) is 6.07 Å². The highest BCUT2D eigenvalue weighted by molar-refractivity contribution is 7.98. The van der Waals surface area contributed by atoms with Crippen LogP contribution in [0.2, 0.25) is 0 Å². The van der Waals surface area contributed by atoms with Gasteiger partial charge in [-0.3, -0.25) is 4.79 Å². The molecule has 0 aliphatic rings. The van der Waals surface area contributed by atoms with E-state index in [1.54, 1.807) is 6.07 Å². The quantitative estimate of drug-likeness (QED) is 0.838. The number of thioether (sulfide) groups is 1. The van der Waals surface area contributed by atoms with Gasteiger partial charge in [-0.05, 0) is 30.2 Å². The van der Waals surface area contributed by atoms with Gasteiger partial charge >= 0.3 is 5.97 Å². The predicted octanol–water partition coefficient (Wildman–Crippen LogP) is 1.96. The van der Waals surface area contributed by atoms with Crippen molar-refractivity contribution in [2.24, 2.45) is 0 Å². The summed E-state index contributed by atoms with van der Waals surface area (Å²) in [6, 6.07) is 3.61. The molecule has 0 fully saturated rings. The summed E-state index contributed by atoms with van der Waals surface area (Å²) in [7, 11) is 0. The minimum absolute atomic E-state index is 0.270. The maximum absolute atomic E-state index is 12.9. The first kappa shape index (κ1) is 15.5. The molecule has 1 atom stereocenters. The second-order valence-electron chi connectivity index (χ2n) is 4.18. The fourth-order valence-corrected chi connectivity index (χ4v) is 2.65. The van der Waals surface area contributed by atoms with Crippen molar-refractivity contribution in [3.05, 3.63) is 35.1 Å². The number of aliphatic carboxylic acids is 1. The first-order valence-corrected chi connectivity index (χ1v) is 6.88. The van der Waals surface area contributed by atoms with Crippen molar-refractivity contribution in [2.45, 2.75) is 25.6 Å². The zero-order valence-corrected chi connectivity index (χ0v) is 11.6. The highest BCUT2D eigenvalue weighted by atomic mass is 32.2. The Labute approximate surface area is 115 Å². The molecule has 4 nitrogen and oxygen atoms in total. The zero-order valence-electron chi connectivity index (χ0n) is 10.8. The van der Waals surface area contributed by atoms with Gasteiger partial charge in [0.15, 0.2) is 0 Å². The van der Waals surface area contributed by atoms with Crippen LogP contribution in [0.5, 0.6) is 0 Å². The lowest BCUT2D eigenvalue weighted by Crippen LogP contribution is -2.41. The van der Waals surface area contributed by atoms with Crippen molar-refractivity contribution in [3.63, 3.8) is 0 Å². The van der Waals surface area contributed by atoms with Crippen LogP contribution in [0.1, 0.15) is 18.1 Å². The summed E-state index contributed by atoms with van der Waals surface area (Å²) < 4.78 is 12.9. The van der Waals surface area contributed by atoms with E-state index in [-0.39, 0.29) is 17.5 Å². The Kier molecular flexibility index (Phi) is 5.82. The fourth-order valence-electron chi connectivity index (χ4n) is 1.53. The lowest BCUT2D eigenvalue weighted by atomic mass is 10.1. The molecule has 0 heterocycles. The largest absolute Gasteiger partial charge is 0.480 e. The molecule has 0 saturated heterocycles. The number of nitrogens with one attached hydrogen (secondary N) is 1. The van der Waals surface area contributed by atoms with Gasteiger partial charge in [0.25, 0.3) is 0 Å². The number of carbonyl (C=O) groups is 2. The van der Waals surface area contributed by atoms with E-state index in [2.05, 4.69) is 5.32 Å². The standard InChI is InChI=1S/C13H16FNO3S/c1-8-5-11(14)4-3-10(8)6-19-7-12(13(17)18)15-9(2)16/h3-5,12H,6-7H2,1-2H3,(H,15,16)(H,17,18). The number of hydrogen-bond donors (Lipinski definition) is 2. The van der Waals surface area contributed by atoms with Gasteiger partial charge < -0.3 is 10.4 Å². The van der Waals surface area contributed by atoms with Crippen LogP contribution in [-0.4, -0.2) is 28.8 Å². The highest BCUT2D eigenvalue weighted by Crippen LogP contribution is 2.18. The molecule has 1 aromatic carbocycles. The first-order valence-electron chi connectivity index (χ1n) is 5.73. The van der Waals surface area contributed by atoms with Crippen LogP contribution < -0.4 is 5.32 Å². The number of benzene rings is 1. The summed E-state index contributed by atoms with van der Waals surface area (Å²) in [5.41, 5.74) is 1.79. The molecule has 0 aliphatic carbocycles. The summed E-state index contributed by atoms with van der Waals surface area (Å²) in [6.45, 7) is 3.09. The second-order valence-corrected chi connectivity index (χ2v) is 5.21. The van der Waals surface area contributed by atoms with Crippen LogP contribution in [0.15, 0.2) is 18.2 Å². The molecule has 1 rings (SSSR count). The van der Waals surface area contributed by atoms with E-state index in [9.17, 15) is 14.0 Å². The first-order chi connectivity index (χ1) is 8.90. The monoisotopic (exact) mass is 285 g/mol. The summed E-state index contributed by atoms with van der Waals surface area (Å²) in [4.78, 5) is 21.8. The normalized spacial score (nSPS) is 11.9. The molecule has 0 aliphatic heterocycles. The third-order valence-electron chi connectivity index (χ3n) is 2.52. The van der Waals surface area contributed by atoms with Gasteiger partial charge in [0, 0.05) is 18.4 Å². The molecule has 6 heteroatoms. The van der Waals surface area contributed by atoms with E-state index in [0.29, 0.717) is 5.75 Å². The van der Waals surface area contributed by atoms with Crippen LogP contribution in [0.4, 0.5) is 4.39 Å². The van der Waals surface area contributed by atoms with Crippen molar-refractivity contribution in [1.82, 2.24) is 5.32 Å². The highest BCUT2D eigenvalue weighted by Gasteiger charge is 2.18. The van der Waals surface area contributed by atoms with Crippen molar-refractivity contribution >= 4 is 23.6 Å². The van der Waals surface area contributed by atoms with Gasteiger partial charge in [0.2, 0.25) is 5.91 Å². The number of aryl methyl sites for hydroxylation is 1. The number of carboxylic acids is 1. The average Bonchev–Trinajstić information content (AvgIpc) is 2.29. The van der Waals surface area contributed by atoms with Gasteiger partial charge in [0.1, 0.15) is 11.9 Å². The number of hydrogen-bond acceptors (Lipinski definition) is 3. The Balaban J connectivity index is 2.52. The molecule has 104 valence electrons. The summed E-state index contributed by atoms with van der Waals surface area (Å²) in [5.74, 6) is -0.862. The number of rotatable bonds is 6. The molecule has 0 saturated carbocycles. The Hall–Kier alpha value is -1.56. The minimum Gasteiger partial charge on any atom is -0.480 e. The van der Waals surface area contributed by atoms with Crippen LogP contribution in [0.25, 0.3) is 0 Å². The summed E-state index contributed by atoms with van der Waals surface area (Å²) in [5, 5.41) is 11.3. The number of carbonyl (C=O) groups excluding carboxylic acids is 1. The maximum atomic E-state index is 12.9. The van der Waals surface area contributed by atoms with E-state index >= 15 is 0 Å². The lowest BCUT2D eigenvalue weighted by molar-refractivity contribution is -0.140.